The van der Waals surface area contributed by atoms with E-state index in [1.165, 1.54) is 44.5 Å². The molecule has 1 N–H and O–H groups in total. The van der Waals surface area contributed by atoms with Crippen LogP contribution in [-0.2, 0) is 10.8 Å². The lowest BCUT2D eigenvalue weighted by Gasteiger charge is -2.28. The molecule has 0 unspecified atom stereocenters. The van der Waals surface area contributed by atoms with Crippen molar-refractivity contribution in [2.24, 2.45) is 0 Å². The summed E-state index contributed by atoms with van der Waals surface area (Å²) in [5.74, 6) is 0. The van der Waals surface area contributed by atoms with Crippen LogP contribution in [0.4, 0.5) is 62.6 Å². The fraction of sp³-hybridized carbons (Fsp3) is 0.0500. The van der Waals surface area contributed by atoms with E-state index in [1.54, 1.807) is 36.4 Å². The Bertz CT molecular complexity index is 7470. The van der Waals surface area contributed by atoms with E-state index in [1.807, 2.05) is 231 Å². The zero-order valence-electron chi connectivity index (χ0n) is 82.2. The van der Waals surface area contributed by atoms with Gasteiger partial charge in [0, 0.05) is 86.8 Å². The van der Waals surface area contributed by atoms with Gasteiger partial charge in [0.05, 0.1) is 16.4 Å². The highest BCUT2D eigenvalue weighted by Gasteiger charge is 2.37. The molecule has 21 rings (SSSR count). The third-order valence-electron chi connectivity index (χ3n) is 23.1. The van der Waals surface area contributed by atoms with Crippen LogP contribution in [0.3, 0.4) is 0 Å². The second-order valence-corrected chi connectivity index (χ2v) is 34.7. The Labute approximate surface area is 789 Å². The van der Waals surface area contributed by atoms with Gasteiger partial charge < -0.3 is 20.0 Å². The quantitative estimate of drug-likeness (QED) is 0.0981. The van der Waals surface area contributed by atoms with Crippen LogP contribution < -0.4 is 20.0 Å². The van der Waals surface area contributed by atoms with Gasteiger partial charge in [-0.25, -0.2) is 0 Å². The van der Waals surface area contributed by atoms with Gasteiger partial charge >= 0.3 is 0 Å². The first-order valence-electron chi connectivity index (χ1n) is 48.1. The number of nitrogens with one attached hydrogen (secondary N) is 1. The van der Waals surface area contributed by atoms with Crippen molar-refractivity contribution >= 4 is 110 Å². The predicted octanol–water partition coefficient (Wildman–Crippen LogP) is 35.8. The van der Waals surface area contributed by atoms with Crippen molar-refractivity contribution in [1.82, 2.24) is 0 Å². The number of halogens is 3. The van der Waals surface area contributed by atoms with Crippen LogP contribution >= 0.6 is 47.8 Å². The highest BCUT2D eigenvalue weighted by Crippen LogP contribution is 2.53. The number of anilines is 11. The summed E-state index contributed by atoms with van der Waals surface area (Å²) in [5, 5.41) is 3.50. The summed E-state index contributed by atoms with van der Waals surface area (Å²) >= 11 is 10.1. The molecule has 0 saturated heterocycles. The maximum atomic E-state index is 9.16. The number of hydrogen-bond acceptors (Lipinski definition) is 4. The van der Waals surface area contributed by atoms with Crippen molar-refractivity contribution in [3.63, 3.8) is 0 Å². The molecule has 0 saturated carbocycles. The molecule has 127 heavy (non-hydrogen) atoms. The Morgan fingerprint density at radius 1 is 0.189 bits per heavy atom. The molecular formula is C120H93Br3N4. The van der Waals surface area contributed by atoms with E-state index in [4.69, 9.17) is 16.4 Å². The number of nitrogens with zero attached hydrogens (tertiary/aromatic N) is 3. The summed E-state index contributed by atoms with van der Waals surface area (Å²) in [5.41, 5.74) is 27.4. The highest BCUT2D eigenvalue weighted by atomic mass is 79.9. The SMILES string of the molecule is CC1(C)c2ccccc2-c2ccc(Nc3ccccc3)cc21.[2H]c1c([2H])c(-c2ccc(Br)cc2)c([2H])c([2H])c1-c1ccc(Br)cc1.[2H]c1c([2H])c(-c2ccc(N(c3ccccc3)c3ccc4c(c3)C(C)(C)c3ccccc3-4)cc2)c([2H])c([2H])c1-c1ccc(N(c2ccccc2)c2ccccc2)cc1.[2H]c1c([2H])c(-c2ccc(N(c3ccccc3)c3ccccc3)cc2)c([2H])c([2H])c1-c1ccc(Br)cc1. The van der Waals surface area contributed by atoms with Gasteiger partial charge in [0.25, 0.3) is 0 Å². The summed E-state index contributed by atoms with van der Waals surface area (Å²) in [7, 11) is 0. The molecular weight excluding hydrogens is 1740 g/mol. The monoisotopic (exact) mass is 1840 g/mol. The van der Waals surface area contributed by atoms with Crippen molar-refractivity contribution in [3.8, 4) is 89.0 Å². The average molecular weight is 1840 g/mol. The van der Waals surface area contributed by atoms with Gasteiger partial charge in [-0.15, -0.1) is 0 Å². The first-order valence-corrected chi connectivity index (χ1v) is 44.5. The first-order chi connectivity index (χ1) is 67.2. The molecule has 2 aliphatic carbocycles. The minimum atomic E-state index is -0.149. The Kier molecular flexibility index (Phi) is 21.0. The van der Waals surface area contributed by atoms with E-state index in [0.717, 1.165) is 76.0 Å². The van der Waals surface area contributed by atoms with Gasteiger partial charge in [-0.05, 0) is 281 Å². The lowest BCUT2D eigenvalue weighted by Crippen LogP contribution is -2.16. The third kappa shape index (κ3) is 18.8. The van der Waals surface area contributed by atoms with Crippen LogP contribution in [0, 0.1) is 0 Å². The van der Waals surface area contributed by atoms with Crippen molar-refractivity contribution < 1.29 is 16.4 Å². The molecule has 0 aliphatic heterocycles. The molecule has 7 heteroatoms. The maximum Gasteiger partial charge on any atom is 0.0629 e. The summed E-state index contributed by atoms with van der Waals surface area (Å²) in [6, 6.07) is 136. The number of hydrogen-bond donors (Lipinski definition) is 1. The summed E-state index contributed by atoms with van der Waals surface area (Å²) in [6.45, 7) is 9.19. The minimum Gasteiger partial charge on any atom is -0.356 e. The standard InChI is InChI=1S/C51H40N2.C30H22BrN.C21H19N.C18H12Br2/c1-51(2)49-21-13-12-20-47(49)48-35-34-46(36-50(48)51)53(43-18-10-5-11-19-43)45-32-28-40(29-33-45)38-24-22-37(23-25-38)39-26-30-44(31-27-39)52(41-14-6-3-7-15-41)42-16-8-4-9-17-42;31-27-19-15-25(16-20-27)23-11-13-24(14-12-23)26-17-21-30(22-18-26)32(28-7-3-1-4-8-28)29-9-5-2-6-10-29;1-21(2)19-11-7-6-10-17(19)18-13-12-16(14-20(18)21)22-15-8-4-3-5-9-15;19-17-9-5-15(6-10-17)13-1-2-14(4-3-13)16-7-11-18(20)12-8-16/h3-36H,1-2H3;1-22H;3-14,22H,1-2H3;1-12H/i22D,23D,24D,25D;11D,12D,13D,14D;;1D,2D,3D,4D. The largest absolute Gasteiger partial charge is 0.356 e. The van der Waals surface area contributed by atoms with Crippen molar-refractivity contribution in [2.75, 3.05) is 20.0 Å². The molecule has 0 aromatic heterocycles. The normalized spacial score (nSPS) is 13.3. The minimum absolute atomic E-state index is 0.0313. The van der Waals surface area contributed by atoms with E-state index < -0.39 is 0 Å². The van der Waals surface area contributed by atoms with E-state index in [9.17, 15) is 0 Å². The number of rotatable bonds is 17. The molecule has 19 aromatic carbocycles. The molecule has 0 heterocycles. The second-order valence-electron chi connectivity index (χ2n) is 31.9. The summed E-state index contributed by atoms with van der Waals surface area (Å²) in [4.78, 5) is 6.51. The van der Waals surface area contributed by atoms with Gasteiger partial charge in [0.2, 0.25) is 0 Å². The van der Waals surface area contributed by atoms with E-state index >= 15 is 0 Å². The molecule has 2 aliphatic rings. The zero-order valence-corrected chi connectivity index (χ0v) is 75.0. The topological polar surface area (TPSA) is 21.8 Å². The Morgan fingerprint density at radius 2 is 0.402 bits per heavy atom. The fourth-order valence-corrected chi connectivity index (χ4v) is 17.3. The molecule has 0 fully saturated rings. The molecule has 0 bridgehead atoms. The molecule has 19 aromatic rings. The molecule has 0 atom stereocenters. The van der Waals surface area contributed by atoms with E-state index in [0.29, 0.717) is 55.6 Å². The Hall–Kier alpha value is -14.2. The van der Waals surface area contributed by atoms with E-state index in [-0.39, 0.29) is 94.5 Å². The number of para-hydroxylation sites is 6. The first kappa shape index (κ1) is 70.1. The van der Waals surface area contributed by atoms with Crippen LogP contribution in [0.15, 0.2) is 498 Å². The molecule has 4 nitrogen and oxygen atoms in total. The Balaban J connectivity index is 0.000000133. The van der Waals surface area contributed by atoms with Gasteiger partial charge in [-0.2, -0.15) is 0 Å². The number of fused-ring (bicyclic) bond motifs is 6. The fourth-order valence-electron chi connectivity index (χ4n) is 16.5. The zero-order chi connectivity index (χ0) is 97.1. The Morgan fingerprint density at radius 3 is 0.693 bits per heavy atom. The molecule has 0 spiro atoms. The average Bonchev–Trinajstić information content (AvgIpc) is 1.18. The molecule has 0 amide bonds. The van der Waals surface area contributed by atoms with Gasteiger partial charge in [0.15, 0.2) is 0 Å². The lowest BCUT2D eigenvalue weighted by atomic mass is 9.82. The van der Waals surface area contributed by atoms with Crippen LogP contribution in [0.2, 0.25) is 0 Å². The number of benzene rings is 19. The van der Waals surface area contributed by atoms with Crippen LogP contribution in [0.1, 0.15) is 66.4 Å². The smallest absolute Gasteiger partial charge is 0.0629 e. The molecule has 0 radical (unpaired) electrons. The predicted molar refractivity (Wildman–Crippen MR) is 550 cm³/mol. The van der Waals surface area contributed by atoms with Crippen molar-refractivity contribution in [1.29, 1.82) is 0 Å². The van der Waals surface area contributed by atoms with Crippen LogP contribution in [0.25, 0.3) is 89.0 Å². The van der Waals surface area contributed by atoms with Gasteiger partial charge in [0.1, 0.15) is 0 Å². The van der Waals surface area contributed by atoms with Gasteiger partial charge in [-0.3, -0.25) is 0 Å². The maximum absolute atomic E-state index is 9.16. The van der Waals surface area contributed by atoms with Crippen molar-refractivity contribution in [3.05, 3.63) is 521 Å². The van der Waals surface area contributed by atoms with Crippen LogP contribution in [0.5, 0.6) is 0 Å². The van der Waals surface area contributed by atoms with Crippen LogP contribution in [-0.4, -0.2) is 0 Å². The van der Waals surface area contributed by atoms with E-state index in [2.05, 4.69) is 241 Å². The third-order valence-corrected chi connectivity index (χ3v) is 24.6. The lowest BCUT2D eigenvalue weighted by molar-refractivity contribution is 0.660. The second kappa shape index (κ2) is 38.1. The summed E-state index contributed by atoms with van der Waals surface area (Å²) < 4.78 is 107. The highest BCUT2D eigenvalue weighted by molar-refractivity contribution is 9.11. The van der Waals surface area contributed by atoms with Gasteiger partial charge in [-0.1, -0.05) is 391 Å². The molecule has 614 valence electrons. The van der Waals surface area contributed by atoms with Crippen molar-refractivity contribution in [2.45, 2.75) is 38.5 Å². The summed E-state index contributed by atoms with van der Waals surface area (Å²) in [6.07, 6.45) is 0.